The van der Waals surface area contributed by atoms with Gasteiger partial charge in [0.05, 0.1) is 0 Å². The molecular formula is C6H17N2NaO4S2. The summed E-state index contributed by atoms with van der Waals surface area (Å²) >= 11 is 6.21. The number of amides is 2. The maximum atomic E-state index is 9.37. The van der Waals surface area contributed by atoms with Gasteiger partial charge in [0, 0.05) is 6.42 Å². The van der Waals surface area contributed by atoms with Gasteiger partial charge in [-0.15, -0.1) is 0 Å². The van der Waals surface area contributed by atoms with Crippen LogP contribution in [0.5, 0.6) is 0 Å². The van der Waals surface area contributed by atoms with Gasteiger partial charge in [-0.05, 0) is 0 Å². The van der Waals surface area contributed by atoms with Crippen molar-refractivity contribution in [3.8, 4) is 0 Å². The van der Waals surface area contributed by atoms with Crippen LogP contribution in [-0.2, 0) is 4.79 Å². The Bertz CT molecular complexity index is 166. The normalized spacial score (nSPS) is 5.80. The Morgan fingerprint density at radius 1 is 1.20 bits per heavy atom. The molecule has 0 unspecified atom stereocenters. The molecule has 0 saturated heterocycles. The molecule has 0 heterocycles. The van der Waals surface area contributed by atoms with E-state index in [0.29, 0.717) is 0 Å². The molecule has 0 aromatic carbocycles. The number of hydrogen-bond acceptors (Lipinski definition) is 3. The Hall–Kier alpha value is 0.110. The van der Waals surface area contributed by atoms with Crippen molar-refractivity contribution >= 4 is 41.7 Å². The van der Waals surface area contributed by atoms with Gasteiger partial charge < -0.3 is 18.0 Å². The van der Waals surface area contributed by atoms with Crippen LogP contribution in [0.1, 0.15) is 22.2 Å². The summed E-state index contributed by atoms with van der Waals surface area (Å²) in [4.78, 5) is 27.5. The molecule has 0 rings (SSSR count). The minimum absolute atomic E-state index is 0. The Kier molecular flexibility index (Phi) is 46.6. The monoisotopic (exact) mass is 268 g/mol. The quantitative estimate of drug-likeness (QED) is 0.285. The third-order valence-electron chi connectivity index (χ3n) is 0.302. The minimum Gasteiger partial charge on any atom is -1.00 e. The third kappa shape index (κ3) is 465. The summed E-state index contributed by atoms with van der Waals surface area (Å²) in [5, 5.41) is 6.44. The van der Waals surface area contributed by atoms with E-state index in [1.54, 1.807) is 6.92 Å². The van der Waals surface area contributed by atoms with Crippen LogP contribution in [0.3, 0.4) is 0 Å². The second kappa shape index (κ2) is 23.7. The summed E-state index contributed by atoms with van der Waals surface area (Å²) in [6.45, 7) is 1.60. The van der Waals surface area contributed by atoms with Gasteiger partial charge in [-0.25, -0.2) is 0 Å². The standard InChI is InChI=1S/C3H6O2.2CH3NOS.CH4.Na.H/c1-2-3(4)5;2*2-1(3)4;;;/h2H2,1H3,(H,4,5);2*(H3,2,3,4);1H4;;/q;;;;+1;-1. The zero-order valence-corrected chi connectivity index (χ0v) is 11.7. The molecule has 6 nitrogen and oxygen atoms in total. The second-order valence-electron chi connectivity index (χ2n) is 1.42. The Morgan fingerprint density at radius 2 is 1.27 bits per heavy atom. The van der Waals surface area contributed by atoms with Gasteiger partial charge in [-0.2, -0.15) is 0 Å². The van der Waals surface area contributed by atoms with Gasteiger partial charge in [0.1, 0.15) is 0 Å². The van der Waals surface area contributed by atoms with Crippen LogP contribution < -0.4 is 41.0 Å². The molecule has 0 spiro atoms. The van der Waals surface area contributed by atoms with E-state index in [1.807, 2.05) is 0 Å². The first kappa shape index (κ1) is 29.4. The molecule has 0 saturated carbocycles. The van der Waals surface area contributed by atoms with Crippen LogP contribution in [0.2, 0.25) is 0 Å². The Balaban J connectivity index is -0.0000000216. The van der Waals surface area contributed by atoms with Crippen LogP contribution in [0.25, 0.3) is 0 Å². The number of carboxylic acid groups (broad SMARTS) is 1. The number of rotatable bonds is 1. The first-order valence-corrected chi connectivity index (χ1v) is 3.82. The molecule has 2 amide bonds. The van der Waals surface area contributed by atoms with E-state index in [9.17, 15) is 4.79 Å². The van der Waals surface area contributed by atoms with Crippen LogP contribution in [-0.4, -0.2) is 21.6 Å². The van der Waals surface area contributed by atoms with E-state index in [-0.39, 0.29) is 44.8 Å². The molecule has 0 aliphatic heterocycles. The fourth-order valence-electron chi connectivity index (χ4n) is 0. The van der Waals surface area contributed by atoms with Gasteiger partial charge in [-0.3, -0.25) is 14.4 Å². The average molecular weight is 268 g/mol. The largest absolute Gasteiger partial charge is 1.00 e. The van der Waals surface area contributed by atoms with Crippen LogP contribution in [0.4, 0.5) is 9.59 Å². The van der Waals surface area contributed by atoms with Gasteiger partial charge >= 0.3 is 35.5 Å². The molecule has 0 fully saturated rings. The molecule has 15 heavy (non-hydrogen) atoms. The van der Waals surface area contributed by atoms with E-state index >= 15 is 0 Å². The Morgan fingerprint density at radius 3 is 1.27 bits per heavy atom. The van der Waals surface area contributed by atoms with Crippen LogP contribution in [0.15, 0.2) is 0 Å². The molecule has 0 aromatic heterocycles. The van der Waals surface area contributed by atoms with Crippen molar-refractivity contribution < 1.29 is 50.5 Å². The van der Waals surface area contributed by atoms with Crippen LogP contribution in [0, 0.1) is 0 Å². The first-order chi connectivity index (χ1) is 5.73. The molecule has 88 valence electrons. The number of hydrogen-bond donors (Lipinski definition) is 5. The molecule has 9 heteroatoms. The smallest absolute Gasteiger partial charge is 1.00 e. The maximum Gasteiger partial charge on any atom is 1.00 e. The minimum atomic E-state index is -0.745. The molecule has 0 aliphatic rings. The van der Waals surface area contributed by atoms with E-state index < -0.39 is 16.4 Å². The van der Waals surface area contributed by atoms with Gasteiger partial charge in [0.25, 0.3) is 10.5 Å². The van der Waals surface area contributed by atoms with Gasteiger partial charge in [-0.1, -0.05) is 39.6 Å². The average Bonchev–Trinajstić information content (AvgIpc) is 1.84. The van der Waals surface area contributed by atoms with Crippen molar-refractivity contribution in [2.24, 2.45) is 11.5 Å². The SMILES string of the molecule is C.CCC(=O)O.NC(=O)S.NC(=O)S.[H-].[Na+]. The molecule has 0 radical (unpaired) electrons. The van der Waals surface area contributed by atoms with Crippen molar-refractivity contribution in [1.29, 1.82) is 0 Å². The number of carboxylic acids is 1. The van der Waals surface area contributed by atoms with Crippen molar-refractivity contribution in [2.45, 2.75) is 20.8 Å². The molecule has 0 aromatic rings. The molecule has 0 aliphatic carbocycles. The number of nitrogens with two attached hydrogens (primary N) is 2. The first-order valence-electron chi connectivity index (χ1n) is 2.92. The van der Waals surface area contributed by atoms with Crippen molar-refractivity contribution in [3.05, 3.63) is 0 Å². The van der Waals surface area contributed by atoms with Crippen LogP contribution >= 0.6 is 25.3 Å². The van der Waals surface area contributed by atoms with E-state index in [1.165, 1.54) is 0 Å². The van der Waals surface area contributed by atoms with Crippen molar-refractivity contribution in [3.63, 3.8) is 0 Å². The summed E-state index contributed by atoms with van der Waals surface area (Å²) in [7, 11) is 0. The van der Waals surface area contributed by atoms with Crippen molar-refractivity contribution in [2.75, 3.05) is 0 Å². The predicted octanol–water partition coefficient (Wildman–Crippen LogP) is -1.78. The fourth-order valence-corrected chi connectivity index (χ4v) is 0. The molecule has 0 bridgehead atoms. The maximum absolute atomic E-state index is 9.37. The van der Waals surface area contributed by atoms with Gasteiger partial charge in [0.2, 0.25) is 0 Å². The van der Waals surface area contributed by atoms with E-state index in [4.69, 9.17) is 14.7 Å². The number of carbonyl (C=O) groups excluding carboxylic acids is 2. The second-order valence-corrected chi connectivity index (χ2v) is 2.31. The Labute approximate surface area is 124 Å². The third-order valence-corrected chi connectivity index (χ3v) is 0.302. The summed E-state index contributed by atoms with van der Waals surface area (Å²) in [5.41, 5.74) is 8.67. The summed E-state index contributed by atoms with van der Waals surface area (Å²) < 4.78 is 0. The predicted molar refractivity (Wildman–Crippen MR) is 62.9 cm³/mol. The number of carbonyl (C=O) groups is 3. The van der Waals surface area contributed by atoms with E-state index in [0.717, 1.165) is 0 Å². The molecule has 5 N–H and O–H groups in total. The summed E-state index contributed by atoms with van der Waals surface area (Å²) in [5.74, 6) is -0.745. The summed E-state index contributed by atoms with van der Waals surface area (Å²) in [6, 6.07) is 0. The molecular weight excluding hydrogens is 251 g/mol. The topological polar surface area (TPSA) is 123 Å². The number of aliphatic carboxylic acids is 1. The fraction of sp³-hybridized carbons (Fsp3) is 0.500. The number of primary amides is 2. The zero-order valence-electron chi connectivity index (χ0n) is 8.93. The summed E-state index contributed by atoms with van der Waals surface area (Å²) in [6.07, 6.45) is 0.222. The van der Waals surface area contributed by atoms with Crippen molar-refractivity contribution in [1.82, 2.24) is 0 Å². The number of thiol groups is 2. The van der Waals surface area contributed by atoms with E-state index in [2.05, 4.69) is 36.7 Å². The zero-order chi connectivity index (χ0) is 11.4. The molecule has 0 atom stereocenters. The van der Waals surface area contributed by atoms with Gasteiger partial charge in [0.15, 0.2) is 0 Å².